The minimum atomic E-state index is -4.87. The molecule has 0 aliphatic carbocycles. The standard InChI is InChI=1S/C44H76O14P2/c1-3-5-7-9-11-12-13-14-15-16-17-18-19-20-21-25-29-33-43(46)53-37-40(38-56-60(51,52)55-36-39(45)35-54-59(48,49)50)57-44(47)34-30-26-22-24-28-32-42-41(58-42)31-27-23-10-8-6-4-2/h11-12,14-15,17-18,20-21,23,27,39-42,45H,3-10,13,16,19,22,24-26,28-38H2,1-2H3,(H,51,52)(H2,48,49,50)/b12-11-,15-14-,18-17-,21-20-,27-23-/t39-,40+,41?,42?/m0/s1. The fraction of sp³-hybridized carbons (Fsp3) is 0.727. The van der Waals surface area contributed by atoms with Gasteiger partial charge in [0.05, 0.1) is 32.0 Å². The monoisotopic (exact) mass is 890 g/mol. The van der Waals surface area contributed by atoms with E-state index in [1.54, 1.807) is 0 Å². The molecule has 1 fully saturated rings. The highest BCUT2D eigenvalue weighted by atomic mass is 31.2. The van der Waals surface area contributed by atoms with Crippen LogP contribution in [0.5, 0.6) is 0 Å². The van der Waals surface area contributed by atoms with Crippen LogP contribution in [0.1, 0.15) is 155 Å². The molecule has 0 aromatic carbocycles. The molecule has 5 atom stereocenters. The number of carbonyl (C=O) groups excluding carboxylic acids is 2. The van der Waals surface area contributed by atoms with Crippen LogP contribution in [0.15, 0.2) is 60.8 Å². The van der Waals surface area contributed by atoms with Crippen LogP contribution in [0, 0.1) is 0 Å². The largest absolute Gasteiger partial charge is 0.472 e. The van der Waals surface area contributed by atoms with Gasteiger partial charge in [-0.25, -0.2) is 9.13 Å². The van der Waals surface area contributed by atoms with Crippen LogP contribution >= 0.6 is 15.6 Å². The van der Waals surface area contributed by atoms with Gasteiger partial charge in [-0.2, -0.15) is 0 Å². The molecule has 0 saturated carbocycles. The number of aliphatic hydroxyl groups is 1. The van der Waals surface area contributed by atoms with Crippen LogP contribution in [0.25, 0.3) is 0 Å². The van der Waals surface area contributed by atoms with Crippen molar-refractivity contribution >= 4 is 27.6 Å². The van der Waals surface area contributed by atoms with Gasteiger partial charge in [0.2, 0.25) is 0 Å². The molecule has 60 heavy (non-hydrogen) atoms. The van der Waals surface area contributed by atoms with Gasteiger partial charge in [-0.05, 0) is 77.0 Å². The van der Waals surface area contributed by atoms with Gasteiger partial charge in [-0.15, -0.1) is 0 Å². The molecule has 16 heteroatoms. The molecule has 1 rings (SSSR count). The van der Waals surface area contributed by atoms with Gasteiger partial charge >= 0.3 is 27.6 Å². The van der Waals surface area contributed by atoms with E-state index in [2.05, 4.69) is 71.5 Å². The highest BCUT2D eigenvalue weighted by Crippen LogP contribution is 2.44. The van der Waals surface area contributed by atoms with Crippen molar-refractivity contribution in [3.8, 4) is 0 Å². The van der Waals surface area contributed by atoms with Crippen LogP contribution in [0.4, 0.5) is 0 Å². The average Bonchev–Trinajstić information content (AvgIpc) is 3.96. The van der Waals surface area contributed by atoms with Gasteiger partial charge in [0.15, 0.2) is 6.10 Å². The topological polar surface area (TPSA) is 208 Å². The van der Waals surface area contributed by atoms with E-state index in [9.17, 15) is 28.7 Å². The van der Waals surface area contributed by atoms with E-state index in [0.29, 0.717) is 31.5 Å². The predicted octanol–water partition coefficient (Wildman–Crippen LogP) is 10.2. The summed E-state index contributed by atoms with van der Waals surface area (Å²) in [6.07, 6.45) is 39.5. The number of rotatable bonds is 40. The fourth-order valence-corrected chi connectivity index (χ4v) is 6.97. The highest BCUT2D eigenvalue weighted by Gasteiger charge is 2.36. The van der Waals surface area contributed by atoms with Gasteiger partial charge in [0.25, 0.3) is 0 Å². The van der Waals surface area contributed by atoms with Gasteiger partial charge in [-0.3, -0.25) is 23.2 Å². The number of allylic oxidation sites excluding steroid dienone is 9. The summed E-state index contributed by atoms with van der Waals surface area (Å²) in [6.45, 7) is 1.61. The SMILES string of the molecule is CCCCC/C=C\C/C=C\C/C=C\C/C=C\CCCC(=O)OC[C@H](COP(=O)(O)OC[C@@H](O)COP(=O)(O)O)OC(=O)CCCCCCCC1OC1C/C=C\CCCCC. The maximum Gasteiger partial charge on any atom is 0.472 e. The second kappa shape index (κ2) is 36.3. The Hall–Kier alpha value is -2.22. The molecule has 3 unspecified atom stereocenters. The number of carbonyl (C=O) groups is 2. The zero-order valence-corrected chi connectivity index (χ0v) is 38.0. The number of phosphoric acid groups is 2. The molecule has 1 saturated heterocycles. The van der Waals surface area contributed by atoms with E-state index in [1.165, 1.54) is 38.5 Å². The van der Waals surface area contributed by atoms with Gasteiger partial charge in [0, 0.05) is 12.8 Å². The van der Waals surface area contributed by atoms with E-state index in [4.69, 9.17) is 28.5 Å². The number of aliphatic hydroxyl groups excluding tert-OH is 1. The van der Waals surface area contributed by atoms with Crippen molar-refractivity contribution in [1.29, 1.82) is 0 Å². The molecule has 0 spiro atoms. The molecule has 1 aliphatic heterocycles. The molecule has 4 N–H and O–H groups in total. The zero-order valence-electron chi connectivity index (χ0n) is 36.2. The molecule has 0 aromatic heterocycles. The first kappa shape index (κ1) is 55.8. The molecule has 0 radical (unpaired) electrons. The number of ether oxygens (including phenoxy) is 3. The molecule has 346 valence electrons. The van der Waals surface area contributed by atoms with Crippen molar-refractivity contribution in [2.24, 2.45) is 0 Å². The molecule has 1 aliphatic rings. The Morgan fingerprint density at radius 3 is 1.72 bits per heavy atom. The molecule has 1 heterocycles. The average molecular weight is 891 g/mol. The Balaban J connectivity index is 2.41. The Morgan fingerprint density at radius 2 is 1.10 bits per heavy atom. The number of hydrogen-bond donors (Lipinski definition) is 4. The molecule has 0 aromatic rings. The molecular formula is C44H76O14P2. The first-order valence-electron chi connectivity index (χ1n) is 22.1. The summed E-state index contributed by atoms with van der Waals surface area (Å²) in [6, 6.07) is 0. The van der Waals surface area contributed by atoms with E-state index < -0.39 is 66.2 Å². The van der Waals surface area contributed by atoms with Gasteiger partial charge < -0.3 is 34.0 Å². The third-order valence-corrected chi connectivity index (χ3v) is 10.7. The maximum atomic E-state index is 12.7. The third kappa shape index (κ3) is 36.4. The lowest BCUT2D eigenvalue weighted by atomic mass is 10.1. The maximum absolute atomic E-state index is 12.7. The second-order valence-electron chi connectivity index (χ2n) is 15.0. The zero-order chi connectivity index (χ0) is 44.2. The Labute approximate surface area is 359 Å². The summed E-state index contributed by atoms with van der Waals surface area (Å²) in [5.41, 5.74) is 0. The van der Waals surface area contributed by atoms with E-state index in [-0.39, 0.29) is 12.8 Å². The summed E-state index contributed by atoms with van der Waals surface area (Å²) in [4.78, 5) is 52.7. The lowest BCUT2D eigenvalue weighted by Crippen LogP contribution is -2.30. The van der Waals surface area contributed by atoms with Gasteiger partial charge in [-0.1, -0.05) is 126 Å². The fourth-order valence-electron chi connectivity index (χ4n) is 5.82. The van der Waals surface area contributed by atoms with E-state index in [0.717, 1.165) is 70.6 Å². The Morgan fingerprint density at radius 1 is 0.583 bits per heavy atom. The third-order valence-electron chi connectivity index (χ3n) is 9.29. The summed E-state index contributed by atoms with van der Waals surface area (Å²) < 4.78 is 53.5. The Kier molecular flexibility index (Phi) is 33.7. The number of unbranched alkanes of at least 4 members (excludes halogenated alkanes) is 11. The quantitative estimate of drug-likeness (QED) is 0.0148. The highest BCUT2D eigenvalue weighted by molar-refractivity contribution is 7.47. The molecule has 0 amide bonds. The minimum absolute atomic E-state index is 0.0942. The Bertz CT molecular complexity index is 1360. The van der Waals surface area contributed by atoms with Crippen molar-refractivity contribution in [2.75, 3.05) is 26.4 Å². The van der Waals surface area contributed by atoms with Crippen molar-refractivity contribution in [3.63, 3.8) is 0 Å². The second-order valence-corrected chi connectivity index (χ2v) is 17.7. The smallest absolute Gasteiger partial charge is 0.462 e. The van der Waals surface area contributed by atoms with Crippen LogP contribution in [-0.4, -0.2) is 82.6 Å². The van der Waals surface area contributed by atoms with Crippen LogP contribution in [0.3, 0.4) is 0 Å². The normalized spacial score (nSPS) is 18.0. The number of phosphoric ester groups is 2. The minimum Gasteiger partial charge on any atom is -0.462 e. The molecule has 14 nitrogen and oxygen atoms in total. The van der Waals surface area contributed by atoms with Crippen molar-refractivity contribution in [1.82, 2.24) is 0 Å². The van der Waals surface area contributed by atoms with Crippen molar-refractivity contribution in [2.45, 2.75) is 180 Å². The number of esters is 2. The summed E-state index contributed by atoms with van der Waals surface area (Å²) >= 11 is 0. The van der Waals surface area contributed by atoms with Crippen LogP contribution < -0.4 is 0 Å². The number of epoxide rings is 1. The predicted molar refractivity (Wildman–Crippen MR) is 234 cm³/mol. The molecular weight excluding hydrogens is 814 g/mol. The first-order chi connectivity index (χ1) is 28.8. The summed E-state index contributed by atoms with van der Waals surface area (Å²) in [7, 11) is -9.70. The summed E-state index contributed by atoms with van der Waals surface area (Å²) in [5, 5.41) is 9.75. The van der Waals surface area contributed by atoms with Crippen molar-refractivity contribution in [3.05, 3.63) is 60.8 Å². The first-order valence-corrected chi connectivity index (χ1v) is 25.1. The van der Waals surface area contributed by atoms with Crippen LogP contribution in [-0.2, 0) is 46.5 Å². The van der Waals surface area contributed by atoms with E-state index >= 15 is 0 Å². The lowest BCUT2D eigenvalue weighted by molar-refractivity contribution is -0.161. The van der Waals surface area contributed by atoms with E-state index in [1.807, 2.05) is 12.2 Å². The number of hydrogen-bond acceptors (Lipinski definition) is 11. The summed E-state index contributed by atoms with van der Waals surface area (Å²) in [5.74, 6) is -1.12. The molecule has 0 bridgehead atoms. The van der Waals surface area contributed by atoms with Gasteiger partial charge in [0.1, 0.15) is 12.7 Å². The van der Waals surface area contributed by atoms with Crippen molar-refractivity contribution < 1.29 is 66.3 Å². The van der Waals surface area contributed by atoms with Crippen LogP contribution in [0.2, 0.25) is 0 Å². The lowest BCUT2D eigenvalue weighted by Gasteiger charge is -2.20.